The van der Waals surface area contributed by atoms with Crippen LogP contribution in [-0.4, -0.2) is 35.5 Å². The molecule has 0 aliphatic carbocycles. The Morgan fingerprint density at radius 1 is 1.32 bits per heavy atom. The molecule has 0 saturated heterocycles. The Bertz CT molecular complexity index is 903. The van der Waals surface area contributed by atoms with E-state index in [0.717, 1.165) is 12.3 Å². The third-order valence-electron chi connectivity index (χ3n) is 2.80. The van der Waals surface area contributed by atoms with E-state index in [1.807, 2.05) is 4.98 Å². The molecule has 0 saturated carbocycles. The molecule has 2 aromatic rings. The van der Waals surface area contributed by atoms with Gasteiger partial charge in [0.25, 0.3) is 5.56 Å². The minimum atomic E-state index is -3.89. The Labute approximate surface area is 131 Å². The summed E-state index contributed by atoms with van der Waals surface area (Å²) >= 11 is 0. The maximum atomic E-state index is 12.2. The molecule has 22 heavy (non-hydrogen) atoms. The summed E-state index contributed by atoms with van der Waals surface area (Å²) in [4.78, 5) is 30.7. The third-order valence-corrected chi connectivity index (χ3v) is 4.46. The Hall–Kier alpha value is -1.75. The smallest absolute Gasteiger partial charge is 0.327 e. The molecule has 0 aromatic carbocycles. The number of H-pyrrole nitrogens is 2. The predicted octanol–water partition coefficient (Wildman–Crippen LogP) is -0.951. The van der Waals surface area contributed by atoms with Crippen LogP contribution in [0, 0.1) is 0 Å². The van der Waals surface area contributed by atoms with Crippen molar-refractivity contribution in [2.24, 2.45) is 5.73 Å². The van der Waals surface area contributed by atoms with Crippen LogP contribution < -0.4 is 21.7 Å². The number of hydrogen-bond acceptors (Lipinski definition) is 6. The van der Waals surface area contributed by atoms with Gasteiger partial charge in [-0.2, -0.15) is 0 Å². The number of nitrogens with two attached hydrogens (primary N) is 1. The van der Waals surface area contributed by atoms with Crippen molar-refractivity contribution in [3.8, 4) is 0 Å². The van der Waals surface area contributed by atoms with Gasteiger partial charge in [-0.15, -0.1) is 12.4 Å². The Balaban J connectivity index is 0.00000242. The monoisotopic (exact) mass is 349 g/mol. The number of halogens is 1. The minimum absolute atomic E-state index is 0. The Kier molecular flexibility index (Phi) is 5.13. The van der Waals surface area contributed by atoms with E-state index >= 15 is 0 Å². The lowest BCUT2D eigenvalue weighted by Crippen LogP contribution is -2.48. The van der Waals surface area contributed by atoms with E-state index in [4.69, 9.17) is 5.73 Å². The molecule has 0 atom stereocenters. The molecular formula is C11H16ClN5O4S. The standard InChI is InChI=1S/C11H15N5O4S.ClH/c1-11(2,5-12)16-21(19,20)6-3-7-8(13-4-6)14-10(18)15-9(7)17;/h3-4,16H,5,12H2,1-2H3,(H2,13,14,15,17,18);1H. The molecule has 2 aromatic heterocycles. The number of sulfonamides is 1. The molecule has 9 nitrogen and oxygen atoms in total. The lowest BCUT2D eigenvalue weighted by Gasteiger charge is -2.23. The number of aromatic amines is 2. The Morgan fingerprint density at radius 3 is 2.55 bits per heavy atom. The number of nitrogens with zero attached hydrogens (tertiary/aromatic N) is 1. The first-order valence-corrected chi connectivity index (χ1v) is 7.49. The normalized spacial score (nSPS) is 12.1. The summed E-state index contributed by atoms with van der Waals surface area (Å²) < 4.78 is 26.9. The lowest BCUT2D eigenvalue weighted by molar-refractivity contribution is 0.462. The van der Waals surface area contributed by atoms with E-state index in [1.165, 1.54) is 0 Å². The van der Waals surface area contributed by atoms with Gasteiger partial charge in [0.2, 0.25) is 10.0 Å². The molecule has 0 fully saturated rings. The molecule has 0 amide bonds. The second-order valence-electron chi connectivity index (χ2n) is 5.17. The van der Waals surface area contributed by atoms with E-state index in [0.29, 0.717) is 0 Å². The van der Waals surface area contributed by atoms with E-state index in [9.17, 15) is 18.0 Å². The fourth-order valence-electron chi connectivity index (χ4n) is 1.64. The fraction of sp³-hybridized carbons (Fsp3) is 0.364. The summed E-state index contributed by atoms with van der Waals surface area (Å²) in [5.41, 5.74) is 3.24. The zero-order chi connectivity index (χ0) is 15.8. The van der Waals surface area contributed by atoms with Crippen LogP contribution >= 0.6 is 12.4 Å². The largest absolute Gasteiger partial charge is 0.329 e. The van der Waals surface area contributed by atoms with Gasteiger partial charge in [0.05, 0.1) is 5.39 Å². The number of fused-ring (bicyclic) bond motifs is 1. The van der Waals surface area contributed by atoms with Crippen molar-refractivity contribution in [1.82, 2.24) is 19.7 Å². The maximum absolute atomic E-state index is 12.2. The molecular weight excluding hydrogens is 334 g/mol. The van der Waals surface area contributed by atoms with Crippen LogP contribution in [-0.2, 0) is 10.0 Å². The van der Waals surface area contributed by atoms with Crippen LogP contribution in [0.15, 0.2) is 26.7 Å². The molecule has 122 valence electrons. The van der Waals surface area contributed by atoms with E-state index in [-0.39, 0.29) is 34.9 Å². The van der Waals surface area contributed by atoms with Crippen molar-refractivity contribution in [2.75, 3.05) is 6.54 Å². The molecule has 5 N–H and O–H groups in total. The van der Waals surface area contributed by atoms with Crippen LogP contribution in [0.25, 0.3) is 11.0 Å². The lowest BCUT2D eigenvalue weighted by atomic mass is 10.1. The summed E-state index contributed by atoms with van der Waals surface area (Å²) in [5.74, 6) is 0. The molecule has 0 spiro atoms. The van der Waals surface area contributed by atoms with Crippen LogP contribution in [0.4, 0.5) is 0 Å². The summed E-state index contributed by atoms with van der Waals surface area (Å²) in [5, 5.41) is -0.0250. The van der Waals surface area contributed by atoms with Crippen molar-refractivity contribution in [2.45, 2.75) is 24.3 Å². The van der Waals surface area contributed by atoms with E-state index in [2.05, 4.69) is 14.7 Å². The van der Waals surface area contributed by atoms with Crippen LogP contribution in [0.1, 0.15) is 13.8 Å². The molecule has 0 aliphatic heterocycles. The van der Waals surface area contributed by atoms with Crippen LogP contribution in [0.3, 0.4) is 0 Å². The zero-order valence-electron chi connectivity index (χ0n) is 11.8. The summed E-state index contributed by atoms with van der Waals surface area (Å²) in [6, 6.07) is 1.14. The van der Waals surface area contributed by atoms with Gasteiger partial charge >= 0.3 is 5.69 Å². The first-order valence-electron chi connectivity index (χ1n) is 6.01. The third kappa shape index (κ3) is 3.71. The topological polar surface area (TPSA) is 151 Å². The summed E-state index contributed by atoms with van der Waals surface area (Å²) in [6.45, 7) is 3.35. The number of nitrogens with one attached hydrogen (secondary N) is 3. The van der Waals surface area contributed by atoms with Crippen molar-refractivity contribution < 1.29 is 8.42 Å². The first-order chi connectivity index (χ1) is 9.64. The highest BCUT2D eigenvalue weighted by molar-refractivity contribution is 7.89. The highest BCUT2D eigenvalue weighted by atomic mass is 35.5. The molecule has 2 heterocycles. The summed E-state index contributed by atoms with van der Waals surface area (Å²) in [7, 11) is -3.89. The highest BCUT2D eigenvalue weighted by Crippen LogP contribution is 2.14. The molecule has 0 aliphatic rings. The first kappa shape index (κ1) is 18.3. The van der Waals surface area contributed by atoms with Crippen molar-refractivity contribution >= 4 is 33.5 Å². The quantitative estimate of drug-likeness (QED) is 0.558. The van der Waals surface area contributed by atoms with Crippen molar-refractivity contribution in [3.05, 3.63) is 33.1 Å². The molecule has 0 bridgehead atoms. The molecule has 11 heteroatoms. The average Bonchev–Trinajstić information content (AvgIpc) is 2.37. The van der Waals surface area contributed by atoms with Crippen LogP contribution in [0.5, 0.6) is 0 Å². The van der Waals surface area contributed by atoms with Gasteiger partial charge in [0.1, 0.15) is 10.5 Å². The number of pyridine rings is 1. The van der Waals surface area contributed by atoms with Gasteiger partial charge in [0.15, 0.2) is 0 Å². The van der Waals surface area contributed by atoms with Gasteiger partial charge in [-0.3, -0.25) is 14.8 Å². The van der Waals surface area contributed by atoms with Crippen molar-refractivity contribution in [1.29, 1.82) is 0 Å². The van der Waals surface area contributed by atoms with Crippen molar-refractivity contribution in [3.63, 3.8) is 0 Å². The van der Waals surface area contributed by atoms with Gasteiger partial charge in [-0.05, 0) is 19.9 Å². The van der Waals surface area contributed by atoms with Gasteiger partial charge in [-0.1, -0.05) is 0 Å². The van der Waals surface area contributed by atoms with Gasteiger partial charge in [-0.25, -0.2) is 22.9 Å². The summed E-state index contributed by atoms with van der Waals surface area (Å²) in [6.07, 6.45) is 1.06. The maximum Gasteiger partial charge on any atom is 0.327 e. The SMILES string of the molecule is CC(C)(CN)NS(=O)(=O)c1cnc2[nH]c(=O)[nH]c(=O)c2c1.Cl. The fourth-order valence-corrected chi connectivity index (χ4v) is 3.03. The van der Waals surface area contributed by atoms with Gasteiger partial charge in [0, 0.05) is 18.3 Å². The van der Waals surface area contributed by atoms with Crippen LogP contribution in [0.2, 0.25) is 0 Å². The second-order valence-corrected chi connectivity index (χ2v) is 6.85. The van der Waals surface area contributed by atoms with Gasteiger partial charge < -0.3 is 5.73 Å². The predicted molar refractivity (Wildman–Crippen MR) is 83.7 cm³/mol. The number of aromatic nitrogens is 3. The molecule has 2 rings (SSSR count). The highest BCUT2D eigenvalue weighted by Gasteiger charge is 2.25. The van der Waals surface area contributed by atoms with E-state index in [1.54, 1.807) is 13.8 Å². The molecule has 0 unspecified atom stereocenters. The Morgan fingerprint density at radius 2 is 1.95 bits per heavy atom. The molecule has 0 radical (unpaired) electrons. The zero-order valence-corrected chi connectivity index (χ0v) is 13.5. The average molecular weight is 350 g/mol. The van der Waals surface area contributed by atoms with E-state index < -0.39 is 26.8 Å². The minimum Gasteiger partial charge on any atom is -0.329 e. The number of hydrogen-bond donors (Lipinski definition) is 4. The second kappa shape index (κ2) is 6.16. The number of rotatable bonds is 4.